The van der Waals surface area contributed by atoms with Crippen LogP contribution in [0.1, 0.15) is 34.1 Å². The minimum absolute atomic E-state index is 0. The Bertz CT molecular complexity index is 355. The summed E-state index contributed by atoms with van der Waals surface area (Å²) in [6.07, 6.45) is 0.519. The normalized spacial score (nSPS) is 19.2. The van der Waals surface area contributed by atoms with Gasteiger partial charge in [0.05, 0.1) is 12.6 Å². The van der Waals surface area contributed by atoms with Crippen molar-refractivity contribution >= 4 is 35.8 Å². The molecule has 6 nitrogen and oxygen atoms in total. The predicted octanol–water partition coefficient (Wildman–Crippen LogP) is 0.799. The molecule has 0 aliphatic carbocycles. The van der Waals surface area contributed by atoms with E-state index in [4.69, 9.17) is 0 Å². The predicted molar refractivity (Wildman–Crippen MR) is 96.1 cm³/mol. The number of aliphatic imine (C=N–C) groups is 1. The van der Waals surface area contributed by atoms with E-state index in [-0.39, 0.29) is 41.4 Å². The van der Waals surface area contributed by atoms with Crippen molar-refractivity contribution in [2.75, 3.05) is 32.7 Å². The van der Waals surface area contributed by atoms with Gasteiger partial charge in [0.25, 0.3) is 0 Å². The van der Waals surface area contributed by atoms with Gasteiger partial charge in [0.1, 0.15) is 0 Å². The molecule has 0 aromatic carbocycles. The molecule has 0 aromatic rings. The lowest BCUT2D eigenvalue weighted by Crippen LogP contribution is -2.41. The maximum Gasteiger partial charge on any atom is 0.225 e. The molecule has 1 amide bonds. The summed E-state index contributed by atoms with van der Waals surface area (Å²) in [5, 5.41) is 15.7. The highest BCUT2D eigenvalue weighted by atomic mass is 127. The van der Waals surface area contributed by atoms with Gasteiger partial charge < -0.3 is 20.6 Å². The van der Waals surface area contributed by atoms with E-state index in [2.05, 4.69) is 20.5 Å². The molecule has 1 heterocycles. The Morgan fingerprint density at radius 3 is 2.52 bits per heavy atom. The average molecular weight is 412 g/mol. The van der Waals surface area contributed by atoms with Gasteiger partial charge in [-0.2, -0.15) is 0 Å². The smallest absolute Gasteiger partial charge is 0.225 e. The van der Waals surface area contributed by atoms with Crippen LogP contribution in [-0.4, -0.2) is 60.7 Å². The third kappa shape index (κ3) is 7.30. The average Bonchev–Trinajstić information content (AvgIpc) is 2.78. The Balaban J connectivity index is 0.00000400. The molecule has 3 N–H and O–H groups in total. The highest BCUT2D eigenvalue weighted by molar-refractivity contribution is 14.0. The number of likely N-dealkylation sites (tertiary alicyclic amines) is 1. The van der Waals surface area contributed by atoms with Gasteiger partial charge in [-0.05, 0) is 13.3 Å². The zero-order valence-corrected chi connectivity index (χ0v) is 15.8. The minimum atomic E-state index is -0.368. The Hall–Kier alpha value is -0.570. The number of β-amino-alcohol motifs (C(OH)–C–C–N with tert-alkyl or cyclic N) is 1. The van der Waals surface area contributed by atoms with Gasteiger partial charge in [-0.1, -0.05) is 20.8 Å². The summed E-state index contributed by atoms with van der Waals surface area (Å²) >= 11 is 0. The second kappa shape index (κ2) is 9.45. The van der Waals surface area contributed by atoms with Gasteiger partial charge in [-0.15, -0.1) is 24.0 Å². The van der Waals surface area contributed by atoms with Gasteiger partial charge in [0.2, 0.25) is 5.91 Å². The van der Waals surface area contributed by atoms with Gasteiger partial charge >= 0.3 is 0 Å². The number of rotatable bonds is 4. The van der Waals surface area contributed by atoms with Crippen LogP contribution in [0.5, 0.6) is 0 Å². The van der Waals surface area contributed by atoms with Gasteiger partial charge in [-0.25, -0.2) is 0 Å². The minimum Gasteiger partial charge on any atom is -0.391 e. The molecule has 1 aliphatic rings. The SMILES string of the molecule is CCNC(=NCCNC(=O)C(C)(C)C)N1CC[C@@H](O)C1.I. The highest BCUT2D eigenvalue weighted by Crippen LogP contribution is 2.12. The number of aliphatic hydroxyl groups excluding tert-OH is 1. The molecule has 7 heteroatoms. The Labute approximate surface area is 144 Å². The first kappa shape index (κ1) is 20.4. The van der Waals surface area contributed by atoms with Crippen molar-refractivity contribution in [3.05, 3.63) is 0 Å². The van der Waals surface area contributed by atoms with Gasteiger partial charge in [0, 0.05) is 31.6 Å². The molecule has 0 aromatic heterocycles. The monoisotopic (exact) mass is 412 g/mol. The van der Waals surface area contributed by atoms with Crippen molar-refractivity contribution in [1.82, 2.24) is 15.5 Å². The van der Waals surface area contributed by atoms with E-state index in [1.165, 1.54) is 0 Å². The second-order valence-corrected chi connectivity index (χ2v) is 6.13. The largest absolute Gasteiger partial charge is 0.391 e. The zero-order valence-electron chi connectivity index (χ0n) is 13.5. The highest BCUT2D eigenvalue weighted by Gasteiger charge is 2.23. The molecule has 0 saturated carbocycles. The number of guanidine groups is 1. The molecule has 1 atom stereocenters. The van der Waals surface area contributed by atoms with E-state index in [9.17, 15) is 9.90 Å². The van der Waals surface area contributed by atoms with Crippen molar-refractivity contribution < 1.29 is 9.90 Å². The summed E-state index contributed by atoms with van der Waals surface area (Å²) in [5.74, 6) is 0.850. The van der Waals surface area contributed by atoms with Gasteiger partial charge in [-0.3, -0.25) is 9.79 Å². The quantitative estimate of drug-likeness (QED) is 0.276. The van der Waals surface area contributed by atoms with E-state index in [1.807, 2.05) is 27.7 Å². The first-order valence-electron chi connectivity index (χ1n) is 7.34. The molecule has 0 bridgehead atoms. The molecule has 0 unspecified atom stereocenters. The van der Waals surface area contributed by atoms with Crippen LogP contribution in [-0.2, 0) is 4.79 Å². The first-order valence-corrected chi connectivity index (χ1v) is 7.34. The summed E-state index contributed by atoms with van der Waals surface area (Å²) in [6, 6.07) is 0. The summed E-state index contributed by atoms with van der Waals surface area (Å²) in [4.78, 5) is 18.3. The molecule has 124 valence electrons. The van der Waals surface area contributed by atoms with Crippen LogP contribution in [0.2, 0.25) is 0 Å². The number of aliphatic hydroxyl groups is 1. The van der Waals surface area contributed by atoms with Crippen LogP contribution < -0.4 is 10.6 Å². The van der Waals surface area contributed by atoms with Crippen molar-refractivity contribution in [1.29, 1.82) is 0 Å². The third-order valence-electron chi connectivity index (χ3n) is 3.14. The molecule has 1 saturated heterocycles. The Morgan fingerprint density at radius 1 is 1.38 bits per heavy atom. The van der Waals surface area contributed by atoms with Crippen LogP contribution in [0.15, 0.2) is 4.99 Å². The lowest BCUT2D eigenvalue weighted by molar-refractivity contribution is -0.128. The Morgan fingerprint density at radius 2 is 2.05 bits per heavy atom. The maximum absolute atomic E-state index is 11.7. The van der Waals surface area contributed by atoms with E-state index < -0.39 is 0 Å². The first-order chi connectivity index (χ1) is 9.34. The van der Waals surface area contributed by atoms with Crippen molar-refractivity contribution in [3.8, 4) is 0 Å². The van der Waals surface area contributed by atoms with Crippen LogP contribution in [0.4, 0.5) is 0 Å². The van der Waals surface area contributed by atoms with Crippen molar-refractivity contribution in [3.63, 3.8) is 0 Å². The fourth-order valence-electron chi connectivity index (χ4n) is 1.96. The van der Waals surface area contributed by atoms with Gasteiger partial charge in [0.15, 0.2) is 5.96 Å². The lowest BCUT2D eigenvalue weighted by Gasteiger charge is -2.21. The van der Waals surface area contributed by atoms with Crippen LogP contribution in [0.25, 0.3) is 0 Å². The van der Waals surface area contributed by atoms with Crippen molar-refractivity contribution in [2.24, 2.45) is 10.4 Å². The Kier molecular flexibility index (Phi) is 9.19. The molecule has 1 fully saturated rings. The molecule has 21 heavy (non-hydrogen) atoms. The molecular weight excluding hydrogens is 383 g/mol. The molecule has 1 rings (SSSR count). The van der Waals surface area contributed by atoms with E-state index in [0.29, 0.717) is 19.6 Å². The molecule has 1 aliphatic heterocycles. The maximum atomic E-state index is 11.7. The van der Waals surface area contributed by atoms with Crippen molar-refractivity contribution in [2.45, 2.75) is 40.2 Å². The number of nitrogens with one attached hydrogen (secondary N) is 2. The summed E-state index contributed by atoms with van der Waals surface area (Å²) in [6.45, 7) is 11.0. The third-order valence-corrected chi connectivity index (χ3v) is 3.14. The van der Waals surface area contributed by atoms with Crippen LogP contribution >= 0.6 is 24.0 Å². The van der Waals surface area contributed by atoms with Crippen LogP contribution in [0.3, 0.4) is 0 Å². The second-order valence-electron chi connectivity index (χ2n) is 6.13. The number of nitrogens with zero attached hydrogens (tertiary/aromatic N) is 2. The number of carbonyl (C=O) groups is 1. The summed E-state index contributed by atoms with van der Waals surface area (Å²) in [5.41, 5.74) is -0.368. The van der Waals surface area contributed by atoms with Crippen LogP contribution in [0, 0.1) is 5.41 Å². The lowest BCUT2D eigenvalue weighted by atomic mass is 9.96. The summed E-state index contributed by atoms with van der Waals surface area (Å²) in [7, 11) is 0. The number of halogens is 1. The van der Waals surface area contributed by atoms with E-state index in [0.717, 1.165) is 25.5 Å². The van der Waals surface area contributed by atoms with E-state index in [1.54, 1.807) is 0 Å². The number of hydrogen-bond acceptors (Lipinski definition) is 3. The molecule has 0 radical (unpaired) electrons. The number of amides is 1. The summed E-state index contributed by atoms with van der Waals surface area (Å²) < 4.78 is 0. The fourth-order valence-corrected chi connectivity index (χ4v) is 1.96. The number of hydrogen-bond donors (Lipinski definition) is 3. The van der Waals surface area contributed by atoms with E-state index >= 15 is 0 Å². The molecular formula is C14H29IN4O2. The topological polar surface area (TPSA) is 77.0 Å². The standard InChI is InChI=1S/C14H28N4O2.HI/c1-5-15-13(18-9-6-11(19)10-18)17-8-7-16-12(20)14(2,3)4;/h11,19H,5-10H2,1-4H3,(H,15,17)(H,16,20);1H/t11-;/m1./s1. The zero-order chi connectivity index (χ0) is 15.2. The number of carbonyl (C=O) groups excluding carboxylic acids is 1. The molecule has 0 spiro atoms. The fraction of sp³-hybridized carbons (Fsp3) is 0.857.